The maximum Gasteiger partial charge on any atom is 0.261 e. The molecule has 0 atom stereocenters. The van der Waals surface area contributed by atoms with E-state index in [9.17, 15) is 13.2 Å². The molecule has 0 radical (unpaired) electrons. The van der Waals surface area contributed by atoms with Crippen molar-refractivity contribution in [3.63, 3.8) is 0 Å². The number of hydrogen-bond donors (Lipinski definition) is 1. The van der Waals surface area contributed by atoms with E-state index < -0.39 is 10.0 Å². The number of fused-ring (bicyclic) bond motifs is 4. The van der Waals surface area contributed by atoms with Crippen molar-refractivity contribution in [2.75, 3.05) is 16.2 Å². The molecule has 4 aromatic rings. The summed E-state index contributed by atoms with van der Waals surface area (Å²) < 4.78 is 31.1. The van der Waals surface area contributed by atoms with E-state index in [-0.39, 0.29) is 10.8 Å². The molecule has 1 N–H and O–H groups in total. The summed E-state index contributed by atoms with van der Waals surface area (Å²) >= 11 is 0. The Labute approximate surface area is 181 Å². The molecule has 2 heterocycles. The van der Waals surface area contributed by atoms with Crippen LogP contribution < -0.4 is 9.62 Å². The lowest BCUT2D eigenvalue weighted by Gasteiger charge is -2.15. The fourth-order valence-electron chi connectivity index (χ4n) is 4.54. The van der Waals surface area contributed by atoms with Crippen LogP contribution in [0.5, 0.6) is 0 Å². The molecule has 0 unspecified atom stereocenters. The van der Waals surface area contributed by atoms with Gasteiger partial charge in [-0.15, -0.1) is 0 Å². The molecule has 1 aliphatic rings. The van der Waals surface area contributed by atoms with Crippen LogP contribution >= 0.6 is 0 Å². The van der Waals surface area contributed by atoms with Crippen LogP contribution in [-0.2, 0) is 27.8 Å². The lowest BCUT2D eigenvalue weighted by Crippen LogP contribution is -2.25. The van der Waals surface area contributed by atoms with Gasteiger partial charge in [-0.05, 0) is 61.4 Å². The molecule has 0 fully saturated rings. The number of hydrogen-bond acceptors (Lipinski definition) is 3. The smallest absolute Gasteiger partial charge is 0.261 e. The Morgan fingerprint density at radius 3 is 2.55 bits per heavy atom. The van der Waals surface area contributed by atoms with E-state index in [0.29, 0.717) is 18.7 Å². The number of benzene rings is 3. The van der Waals surface area contributed by atoms with E-state index in [1.54, 1.807) is 29.2 Å². The van der Waals surface area contributed by atoms with Gasteiger partial charge in [-0.2, -0.15) is 0 Å². The molecule has 1 amide bonds. The second-order valence-electron chi connectivity index (χ2n) is 7.81. The number of nitrogens with one attached hydrogen (secondary N) is 1. The maximum atomic E-state index is 13.1. The second kappa shape index (κ2) is 7.13. The number of carbonyl (C=O) groups is 1. The van der Waals surface area contributed by atoms with E-state index >= 15 is 0 Å². The number of aromatic nitrogens is 1. The first-order valence-corrected chi connectivity index (χ1v) is 11.8. The Kier molecular flexibility index (Phi) is 4.51. The standard InChI is InChI=1S/C24H23N3O3S/c1-3-26-23-7-5-4-6-20(23)21-15-18(8-10-24(21)26)25-31(29,30)19-9-11-22-17(14-19)12-13-27(22)16(2)28/h4-11,14-15,25H,3,12-13H2,1-2H3. The Bertz CT molecular complexity index is 1450. The third kappa shape index (κ3) is 3.16. The average molecular weight is 434 g/mol. The summed E-state index contributed by atoms with van der Waals surface area (Å²) in [6.07, 6.45) is 0.654. The summed E-state index contributed by atoms with van der Waals surface area (Å²) in [6, 6.07) is 18.8. The van der Waals surface area contributed by atoms with Gasteiger partial charge in [0.2, 0.25) is 5.91 Å². The zero-order chi connectivity index (χ0) is 21.8. The highest BCUT2D eigenvalue weighted by atomic mass is 32.2. The van der Waals surface area contributed by atoms with Crippen molar-refractivity contribution in [2.24, 2.45) is 0 Å². The first-order valence-electron chi connectivity index (χ1n) is 10.3. The minimum atomic E-state index is -3.75. The lowest BCUT2D eigenvalue weighted by atomic mass is 10.1. The molecule has 0 saturated carbocycles. The summed E-state index contributed by atoms with van der Waals surface area (Å²) in [5.74, 6) is -0.0352. The minimum Gasteiger partial charge on any atom is -0.341 e. The highest BCUT2D eigenvalue weighted by molar-refractivity contribution is 7.92. The molecule has 0 aliphatic carbocycles. The SMILES string of the molecule is CCn1c2ccccc2c2cc(NS(=O)(=O)c3ccc4c(c3)CCN4C(C)=O)ccc21. The third-order valence-corrected chi connectivity index (χ3v) is 7.36. The van der Waals surface area contributed by atoms with Crippen molar-refractivity contribution in [2.45, 2.75) is 31.7 Å². The molecule has 31 heavy (non-hydrogen) atoms. The summed E-state index contributed by atoms with van der Waals surface area (Å²) in [4.78, 5) is 13.6. The monoisotopic (exact) mass is 433 g/mol. The molecular weight excluding hydrogens is 410 g/mol. The molecule has 1 aromatic heterocycles. The van der Waals surface area contributed by atoms with Gasteiger partial charge in [-0.25, -0.2) is 8.42 Å². The number of aryl methyl sites for hydroxylation is 1. The molecule has 0 spiro atoms. The van der Waals surface area contributed by atoms with Crippen LogP contribution in [0.15, 0.2) is 65.6 Å². The Hall–Kier alpha value is -3.32. The fourth-order valence-corrected chi connectivity index (χ4v) is 5.64. The van der Waals surface area contributed by atoms with Crippen LogP contribution in [0.2, 0.25) is 0 Å². The summed E-state index contributed by atoms with van der Waals surface area (Å²) in [6.45, 7) is 5.04. The van der Waals surface area contributed by atoms with Crippen LogP contribution in [0, 0.1) is 0 Å². The summed E-state index contributed by atoms with van der Waals surface area (Å²) in [7, 11) is -3.75. The van der Waals surface area contributed by atoms with Crippen LogP contribution in [0.3, 0.4) is 0 Å². The summed E-state index contributed by atoms with van der Waals surface area (Å²) in [5.41, 5.74) is 4.40. The van der Waals surface area contributed by atoms with Gasteiger partial charge in [-0.1, -0.05) is 18.2 Å². The lowest BCUT2D eigenvalue weighted by molar-refractivity contribution is -0.116. The number of sulfonamides is 1. The van der Waals surface area contributed by atoms with Crippen molar-refractivity contribution in [1.29, 1.82) is 0 Å². The van der Waals surface area contributed by atoms with Gasteiger partial charge in [0, 0.05) is 53.2 Å². The molecule has 1 aliphatic heterocycles. The van der Waals surface area contributed by atoms with Gasteiger partial charge < -0.3 is 9.47 Å². The largest absolute Gasteiger partial charge is 0.341 e. The van der Waals surface area contributed by atoms with Gasteiger partial charge in [-0.3, -0.25) is 9.52 Å². The molecule has 0 saturated heterocycles. The molecule has 158 valence electrons. The van der Waals surface area contributed by atoms with E-state index in [4.69, 9.17) is 0 Å². The first kappa shape index (κ1) is 19.6. The molecule has 6 nitrogen and oxygen atoms in total. The van der Waals surface area contributed by atoms with Gasteiger partial charge >= 0.3 is 0 Å². The van der Waals surface area contributed by atoms with Crippen LogP contribution in [-0.4, -0.2) is 25.4 Å². The van der Waals surface area contributed by atoms with Crippen molar-refractivity contribution < 1.29 is 13.2 Å². The Morgan fingerprint density at radius 1 is 1.00 bits per heavy atom. The average Bonchev–Trinajstić information content (AvgIpc) is 3.32. The highest BCUT2D eigenvalue weighted by Gasteiger charge is 2.25. The zero-order valence-corrected chi connectivity index (χ0v) is 18.2. The maximum absolute atomic E-state index is 13.1. The molecule has 3 aromatic carbocycles. The number of anilines is 2. The van der Waals surface area contributed by atoms with E-state index in [0.717, 1.165) is 39.6 Å². The molecular formula is C24H23N3O3S. The predicted octanol–water partition coefficient (Wildman–Crippen LogP) is 4.52. The van der Waals surface area contributed by atoms with Gasteiger partial charge in [0.05, 0.1) is 4.90 Å². The quantitative estimate of drug-likeness (QED) is 0.514. The molecule has 7 heteroatoms. The number of nitrogens with zero attached hydrogens (tertiary/aromatic N) is 2. The van der Waals surface area contributed by atoms with Crippen molar-refractivity contribution in [3.05, 3.63) is 66.2 Å². The summed E-state index contributed by atoms with van der Waals surface area (Å²) in [5, 5.41) is 2.12. The van der Waals surface area contributed by atoms with Crippen molar-refractivity contribution in [1.82, 2.24) is 4.57 Å². The topological polar surface area (TPSA) is 71.4 Å². The fraction of sp³-hybridized carbons (Fsp3) is 0.208. The van der Waals surface area contributed by atoms with Crippen molar-refractivity contribution in [3.8, 4) is 0 Å². The minimum absolute atomic E-state index is 0.0352. The van der Waals surface area contributed by atoms with Crippen molar-refractivity contribution >= 4 is 49.1 Å². The van der Waals surface area contributed by atoms with Crippen LogP contribution in [0.4, 0.5) is 11.4 Å². The van der Waals surface area contributed by atoms with E-state index in [1.807, 2.05) is 24.3 Å². The number of carbonyl (C=O) groups excluding carboxylic acids is 1. The number of para-hydroxylation sites is 1. The van der Waals surface area contributed by atoms with Gasteiger partial charge in [0.25, 0.3) is 10.0 Å². The van der Waals surface area contributed by atoms with E-state index in [1.165, 1.54) is 6.92 Å². The normalized spacial score (nSPS) is 13.7. The van der Waals surface area contributed by atoms with E-state index in [2.05, 4.69) is 28.3 Å². The van der Waals surface area contributed by atoms with Gasteiger partial charge in [0.15, 0.2) is 0 Å². The van der Waals surface area contributed by atoms with Gasteiger partial charge in [0.1, 0.15) is 0 Å². The zero-order valence-electron chi connectivity index (χ0n) is 17.4. The predicted molar refractivity (Wildman–Crippen MR) is 124 cm³/mol. The van der Waals surface area contributed by atoms with Crippen LogP contribution in [0.1, 0.15) is 19.4 Å². The first-order chi connectivity index (χ1) is 14.9. The van der Waals surface area contributed by atoms with Crippen LogP contribution in [0.25, 0.3) is 21.8 Å². The number of rotatable bonds is 4. The molecule has 5 rings (SSSR count). The molecule has 0 bridgehead atoms. The Balaban J connectivity index is 1.52. The number of amides is 1. The third-order valence-electron chi connectivity index (χ3n) is 5.98. The second-order valence-corrected chi connectivity index (χ2v) is 9.49. The Morgan fingerprint density at radius 2 is 1.77 bits per heavy atom. The highest BCUT2D eigenvalue weighted by Crippen LogP contribution is 2.33.